The number of amides is 1. The van der Waals surface area contributed by atoms with Crippen molar-refractivity contribution in [3.05, 3.63) is 27.8 Å². The topological polar surface area (TPSA) is 20.3 Å². The summed E-state index contributed by atoms with van der Waals surface area (Å²) in [6.07, 6.45) is 4.66. The highest BCUT2D eigenvalue weighted by atomic mass is 127. The first-order valence-electron chi connectivity index (χ1n) is 8.50. The highest BCUT2D eigenvalue weighted by molar-refractivity contribution is 14.1. The van der Waals surface area contributed by atoms with E-state index in [0.29, 0.717) is 5.41 Å². The van der Waals surface area contributed by atoms with Crippen molar-refractivity contribution in [1.82, 2.24) is 0 Å². The normalized spacial score (nSPS) is 31.9. The number of thioether (sulfide) groups is 1. The Morgan fingerprint density at radius 1 is 1.17 bits per heavy atom. The number of anilines is 1. The summed E-state index contributed by atoms with van der Waals surface area (Å²) in [6.45, 7) is 9.11. The van der Waals surface area contributed by atoms with Crippen molar-refractivity contribution >= 4 is 45.9 Å². The molecule has 2 nitrogen and oxygen atoms in total. The highest BCUT2D eigenvalue weighted by Crippen LogP contribution is 2.54. The first kappa shape index (κ1) is 17.6. The van der Waals surface area contributed by atoms with E-state index in [1.807, 2.05) is 11.8 Å². The molecule has 1 heterocycles. The lowest BCUT2D eigenvalue weighted by atomic mass is 9.71. The van der Waals surface area contributed by atoms with Crippen LogP contribution in [0.3, 0.4) is 0 Å². The first-order valence-corrected chi connectivity index (χ1v) is 10.5. The number of hydrogen-bond acceptors (Lipinski definition) is 2. The zero-order chi connectivity index (χ0) is 16.8. The van der Waals surface area contributed by atoms with Crippen molar-refractivity contribution in [2.45, 2.75) is 63.5 Å². The molecule has 2 aliphatic rings. The summed E-state index contributed by atoms with van der Waals surface area (Å²) in [4.78, 5) is 14.9. The van der Waals surface area contributed by atoms with Crippen LogP contribution in [0, 0.1) is 14.9 Å². The molecule has 0 aromatic heterocycles. The molecule has 23 heavy (non-hydrogen) atoms. The highest BCUT2D eigenvalue weighted by Gasteiger charge is 2.52. The number of carbonyl (C=O) groups is 1. The predicted octanol–water partition coefficient (Wildman–Crippen LogP) is 5.69. The van der Waals surface area contributed by atoms with Crippen LogP contribution in [0.1, 0.15) is 53.4 Å². The van der Waals surface area contributed by atoms with E-state index < -0.39 is 0 Å². The van der Waals surface area contributed by atoms with Gasteiger partial charge in [-0.1, -0.05) is 20.8 Å². The van der Waals surface area contributed by atoms with Gasteiger partial charge < -0.3 is 0 Å². The van der Waals surface area contributed by atoms with Crippen LogP contribution in [-0.2, 0) is 4.79 Å². The molecule has 0 bridgehead atoms. The SMILES string of the molecule is C[C@H]1SC2(CCC(C(C)(C)C)CC2)N(c2ccc(I)cc2)C1=O. The summed E-state index contributed by atoms with van der Waals surface area (Å²) in [6, 6.07) is 8.42. The number of hydrogen-bond donors (Lipinski definition) is 0. The Balaban J connectivity index is 1.88. The van der Waals surface area contributed by atoms with Gasteiger partial charge in [-0.3, -0.25) is 9.69 Å². The molecular weight excluding hydrogens is 417 g/mol. The largest absolute Gasteiger partial charge is 0.296 e. The van der Waals surface area contributed by atoms with Crippen LogP contribution >= 0.6 is 34.4 Å². The minimum atomic E-state index is -0.0228. The van der Waals surface area contributed by atoms with Gasteiger partial charge in [0.05, 0.1) is 10.1 Å². The van der Waals surface area contributed by atoms with E-state index in [-0.39, 0.29) is 16.0 Å². The predicted molar refractivity (Wildman–Crippen MR) is 108 cm³/mol. The Morgan fingerprint density at radius 2 is 1.74 bits per heavy atom. The molecule has 1 aliphatic carbocycles. The van der Waals surface area contributed by atoms with E-state index >= 15 is 0 Å². The third-order valence-corrected chi connectivity index (χ3v) is 7.75. The van der Waals surface area contributed by atoms with Gasteiger partial charge in [0.2, 0.25) is 5.91 Å². The summed E-state index contributed by atoms with van der Waals surface area (Å²) in [5.74, 6) is 1.05. The van der Waals surface area contributed by atoms with E-state index in [4.69, 9.17) is 0 Å². The summed E-state index contributed by atoms with van der Waals surface area (Å²) >= 11 is 4.21. The van der Waals surface area contributed by atoms with Crippen molar-refractivity contribution < 1.29 is 4.79 Å². The number of nitrogens with zero attached hydrogens (tertiary/aromatic N) is 1. The molecule has 0 unspecified atom stereocenters. The lowest BCUT2D eigenvalue weighted by molar-refractivity contribution is -0.118. The third-order valence-electron chi connectivity index (χ3n) is 5.45. The second-order valence-corrected chi connectivity index (χ2v) is 10.9. The average molecular weight is 443 g/mol. The molecule has 0 N–H and O–H groups in total. The monoisotopic (exact) mass is 443 g/mol. The summed E-state index contributed by atoms with van der Waals surface area (Å²) < 4.78 is 1.21. The van der Waals surface area contributed by atoms with Gasteiger partial charge in [-0.25, -0.2) is 0 Å². The van der Waals surface area contributed by atoms with Gasteiger partial charge >= 0.3 is 0 Å². The Labute approximate surface area is 157 Å². The van der Waals surface area contributed by atoms with Gasteiger partial charge in [0.25, 0.3) is 0 Å². The molecular formula is C19H26INOS. The quantitative estimate of drug-likeness (QED) is 0.520. The smallest absolute Gasteiger partial charge is 0.241 e. The fraction of sp³-hybridized carbons (Fsp3) is 0.632. The van der Waals surface area contributed by atoms with E-state index in [1.54, 1.807) is 0 Å². The fourth-order valence-electron chi connectivity index (χ4n) is 4.04. The van der Waals surface area contributed by atoms with Crippen LogP contribution in [0.15, 0.2) is 24.3 Å². The van der Waals surface area contributed by atoms with Crippen molar-refractivity contribution in [2.75, 3.05) is 4.90 Å². The minimum Gasteiger partial charge on any atom is -0.296 e. The number of benzene rings is 1. The van der Waals surface area contributed by atoms with E-state index in [0.717, 1.165) is 24.4 Å². The van der Waals surface area contributed by atoms with Gasteiger partial charge in [-0.15, -0.1) is 11.8 Å². The molecule has 1 atom stereocenters. The standard InChI is InChI=1S/C19H26INOS/c1-13-17(22)21(16-7-5-15(20)6-8-16)19(23-13)11-9-14(10-12-19)18(2,3)4/h5-8,13-14H,9-12H2,1-4H3/t13-,14?,19?/m1/s1. The van der Waals surface area contributed by atoms with Crippen LogP contribution in [0.5, 0.6) is 0 Å². The molecule has 1 aromatic carbocycles. The van der Waals surface area contributed by atoms with Gasteiger partial charge in [0.15, 0.2) is 0 Å². The third kappa shape index (κ3) is 3.30. The summed E-state index contributed by atoms with van der Waals surface area (Å²) in [5, 5.41) is 0.0699. The van der Waals surface area contributed by atoms with E-state index in [9.17, 15) is 4.79 Å². The van der Waals surface area contributed by atoms with Crippen LogP contribution < -0.4 is 4.90 Å². The molecule has 1 spiro atoms. The molecule has 2 fully saturated rings. The van der Waals surface area contributed by atoms with Crippen LogP contribution in [0.4, 0.5) is 5.69 Å². The van der Waals surface area contributed by atoms with Crippen LogP contribution in [-0.4, -0.2) is 16.0 Å². The van der Waals surface area contributed by atoms with Gasteiger partial charge in [0.1, 0.15) is 0 Å². The number of halogens is 1. The molecule has 1 aliphatic heterocycles. The van der Waals surface area contributed by atoms with E-state index in [1.165, 1.54) is 16.4 Å². The molecule has 4 heteroatoms. The molecule has 3 rings (SSSR count). The molecule has 1 saturated heterocycles. The number of rotatable bonds is 1. The van der Waals surface area contributed by atoms with Crippen molar-refractivity contribution in [3.8, 4) is 0 Å². The Morgan fingerprint density at radius 3 is 2.26 bits per heavy atom. The average Bonchev–Trinajstić information content (AvgIpc) is 2.71. The Bertz CT molecular complexity index is 584. The van der Waals surface area contributed by atoms with Gasteiger partial charge in [-0.05, 0) is 90.8 Å². The van der Waals surface area contributed by atoms with Crippen molar-refractivity contribution in [2.24, 2.45) is 11.3 Å². The zero-order valence-electron chi connectivity index (χ0n) is 14.4. The Kier molecular flexibility index (Phi) is 4.78. The number of carbonyl (C=O) groups excluding carboxylic acids is 1. The van der Waals surface area contributed by atoms with Crippen LogP contribution in [0.25, 0.3) is 0 Å². The molecule has 1 amide bonds. The zero-order valence-corrected chi connectivity index (χ0v) is 17.4. The lowest BCUT2D eigenvalue weighted by Gasteiger charge is -2.45. The van der Waals surface area contributed by atoms with Gasteiger partial charge in [-0.2, -0.15) is 0 Å². The summed E-state index contributed by atoms with van der Waals surface area (Å²) in [7, 11) is 0. The minimum absolute atomic E-state index is 0.0228. The maximum absolute atomic E-state index is 12.8. The second-order valence-electron chi connectivity index (χ2n) is 8.00. The molecule has 126 valence electrons. The maximum Gasteiger partial charge on any atom is 0.241 e. The summed E-state index contributed by atoms with van der Waals surface area (Å²) in [5.41, 5.74) is 1.44. The van der Waals surface area contributed by atoms with Crippen LogP contribution in [0.2, 0.25) is 0 Å². The van der Waals surface area contributed by atoms with Gasteiger partial charge in [0, 0.05) is 9.26 Å². The first-order chi connectivity index (χ1) is 10.7. The lowest BCUT2D eigenvalue weighted by Crippen LogP contribution is -2.48. The van der Waals surface area contributed by atoms with E-state index in [2.05, 4.69) is 79.5 Å². The molecule has 0 radical (unpaired) electrons. The van der Waals surface area contributed by atoms with Crippen molar-refractivity contribution in [1.29, 1.82) is 0 Å². The van der Waals surface area contributed by atoms with Crippen molar-refractivity contribution in [3.63, 3.8) is 0 Å². The maximum atomic E-state index is 12.8. The molecule has 1 saturated carbocycles. The fourth-order valence-corrected chi connectivity index (χ4v) is 6.04. The second kappa shape index (κ2) is 6.25. The Hall–Kier alpha value is -0.230. The molecule has 1 aromatic rings.